The van der Waals surface area contributed by atoms with Gasteiger partial charge in [0.05, 0.1) is 12.2 Å². The highest BCUT2D eigenvalue weighted by molar-refractivity contribution is 9.10. The molecule has 2 aliphatic rings. The molecule has 1 aliphatic heterocycles. The van der Waals surface area contributed by atoms with E-state index in [0.717, 1.165) is 48.8 Å². The van der Waals surface area contributed by atoms with Gasteiger partial charge in [0.1, 0.15) is 11.9 Å². The monoisotopic (exact) mass is 352 g/mol. The molecule has 0 radical (unpaired) electrons. The number of benzene rings is 1. The molecule has 21 heavy (non-hydrogen) atoms. The summed E-state index contributed by atoms with van der Waals surface area (Å²) in [4.78, 5) is 11.0. The number of hydrogen-bond donors (Lipinski definition) is 0. The maximum Gasteiger partial charge on any atom is 0.151 e. The van der Waals surface area contributed by atoms with Crippen molar-refractivity contribution >= 4 is 22.2 Å². The quantitative estimate of drug-likeness (QED) is 0.750. The Kier molecular flexibility index (Phi) is 4.65. The zero-order chi connectivity index (χ0) is 14.7. The molecule has 1 aliphatic carbocycles. The number of carbonyl (C=O) groups is 1. The molecule has 1 aromatic rings. The van der Waals surface area contributed by atoms with Crippen molar-refractivity contribution in [1.82, 2.24) is 0 Å². The summed E-state index contributed by atoms with van der Waals surface area (Å²) in [7, 11) is 0. The van der Waals surface area contributed by atoms with Crippen molar-refractivity contribution in [3.63, 3.8) is 0 Å². The molecule has 0 N–H and O–H groups in total. The fraction of sp³-hybridized carbons (Fsp3) is 0.588. The van der Waals surface area contributed by atoms with E-state index in [4.69, 9.17) is 9.47 Å². The molecule has 1 atom stereocenters. The maximum atomic E-state index is 11.0. The Labute approximate surface area is 134 Å². The molecule has 1 unspecified atom stereocenters. The lowest BCUT2D eigenvalue weighted by Crippen LogP contribution is -2.45. The zero-order valence-electron chi connectivity index (χ0n) is 12.1. The summed E-state index contributed by atoms with van der Waals surface area (Å²) in [5, 5.41) is 0. The van der Waals surface area contributed by atoms with Gasteiger partial charge in [0, 0.05) is 22.9 Å². The number of aldehydes is 1. The highest BCUT2D eigenvalue weighted by Gasteiger charge is 2.39. The van der Waals surface area contributed by atoms with E-state index in [1.165, 1.54) is 19.3 Å². The van der Waals surface area contributed by atoms with E-state index in [1.54, 1.807) is 6.07 Å². The van der Waals surface area contributed by atoms with Gasteiger partial charge in [-0.1, -0.05) is 35.2 Å². The van der Waals surface area contributed by atoms with E-state index in [0.29, 0.717) is 5.56 Å². The third-order valence-electron chi connectivity index (χ3n) is 4.61. The van der Waals surface area contributed by atoms with Crippen LogP contribution in [-0.4, -0.2) is 24.6 Å². The maximum absolute atomic E-state index is 11.0. The van der Waals surface area contributed by atoms with Crippen LogP contribution >= 0.6 is 15.9 Å². The third-order valence-corrected chi connectivity index (χ3v) is 5.33. The predicted octanol–water partition coefficient (Wildman–Crippen LogP) is 4.52. The molecule has 4 heteroatoms. The second-order valence-corrected chi connectivity index (χ2v) is 6.98. The van der Waals surface area contributed by atoms with Crippen LogP contribution in [0.4, 0.5) is 0 Å². The minimum Gasteiger partial charge on any atom is -0.490 e. The van der Waals surface area contributed by atoms with Crippen molar-refractivity contribution < 1.29 is 14.3 Å². The Morgan fingerprint density at radius 1 is 1.29 bits per heavy atom. The van der Waals surface area contributed by atoms with Crippen LogP contribution in [0.25, 0.3) is 0 Å². The van der Waals surface area contributed by atoms with E-state index < -0.39 is 0 Å². The van der Waals surface area contributed by atoms with Crippen LogP contribution in [0, 0.1) is 0 Å². The second-order valence-electron chi connectivity index (χ2n) is 6.13. The van der Waals surface area contributed by atoms with Gasteiger partial charge in [-0.05, 0) is 31.0 Å². The van der Waals surface area contributed by atoms with Crippen molar-refractivity contribution in [1.29, 1.82) is 0 Å². The average molecular weight is 353 g/mol. The van der Waals surface area contributed by atoms with E-state index in [9.17, 15) is 4.79 Å². The SMILES string of the molecule is O=Cc1cc(OC2CCOC3(CCCCC3)C2)ccc1Br. The zero-order valence-corrected chi connectivity index (χ0v) is 13.7. The number of hydrogen-bond acceptors (Lipinski definition) is 3. The van der Waals surface area contributed by atoms with Gasteiger partial charge in [-0.2, -0.15) is 0 Å². The van der Waals surface area contributed by atoms with Crippen molar-refractivity contribution in [2.24, 2.45) is 0 Å². The van der Waals surface area contributed by atoms with Crippen LogP contribution in [0.1, 0.15) is 55.3 Å². The molecule has 3 rings (SSSR count). The highest BCUT2D eigenvalue weighted by Crippen LogP contribution is 2.39. The molecule has 114 valence electrons. The van der Waals surface area contributed by atoms with Crippen LogP contribution in [0.15, 0.2) is 22.7 Å². The smallest absolute Gasteiger partial charge is 0.151 e. The standard InChI is InChI=1S/C17H21BrO3/c18-16-5-4-14(10-13(16)12-19)21-15-6-9-20-17(11-15)7-2-1-3-8-17/h4-5,10,12,15H,1-3,6-9,11H2. The van der Waals surface area contributed by atoms with Gasteiger partial charge in [-0.3, -0.25) is 4.79 Å². The molecule has 0 bridgehead atoms. The van der Waals surface area contributed by atoms with E-state index in [1.807, 2.05) is 12.1 Å². The molecule has 1 heterocycles. The van der Waals surface area contributed by atoms with Gasteiger partial charge in [0.15, 0.2) is 6.29 Å². The molecule has 0 aromatic heterocycles. The van der Waals surface area contributed by atoms with Crippen LogP contribution in [-0.2, 0) is 4.74 Å². The summed E-state index contributed by atoms with van der Waals surface area (Å²) in [6.07, 6.45) is 9.11. The Morgan fingerprint density at radius 2 is 2.10 bits per heavy atom. The van der Waals surface area contributed by atoms with E-state index in [2.05, 4.69) is 15.9 Å². The molecule has 1 aromatic carbocycles. The van der Waals surface area contributed by atoms with Crippen LogP contribution in [0.3, 0.4) is 0 Å². The number of rotatable bonds is 3. The number of halogens is 1. The second kappa shape index (κ2) is 6.49. The Balaban J connectivity index is 1.68. The van der Waals surface area contributed by atoms with Gasteiger partial charge >= 0.3 is 0 Å². The molecular formula is C17H21BrO3. The molecule has 0 amide bonds. The van der Waals surface area contributed by atoms with Gasteiger partial charge in [-0.25, -0.2) is 0 Å². The van der Waals surface area contributed by atoms with Crippen LogP contribution < -0.4 is 4.74 Å². The third kappa shape index (κ3) is 3.49. The molecule has 3 nitrogen and oxygen atoms in total. The number of ether oxygens (including phenoxy) is 2. The van der Waals surface area contributed by atoms with Crippen LogP contribution in [0.2, 0.25) is 0 Å². The minimum absolute atomic E-state index is 0.0457. The van der Waals surface area contributed by atoms with Crippen LogP contribution in [0.5, 0.6) is 5.75 Å². The van der Waals surface area contributed by atoms with Gasteiger partial charge in [0.2, 0.25) is 0 Å². The fourth-order valence-corrected chi connectivity index (χ4v) is 3.85. The lowest BCUT2D eigenvalue weighted by atomic mass is 9.79. The van der Waals surface area contributed by atoms with Crippen molar-refractivity contribution in [3.05, 3.63) is 28.2 Å². The molecular weight excluding hydrogens is 332 g/mol. The largest absolute Gasteiger partial charge is 0.490 e. The first-order valence-corrected chi connectivity index (χ1v) is 8.55. The summed E-state index contributed by atoms with van der Waals surface area (Å²) < 4.78 is 13.0. The minimum atomic E-state index is 0.0457. The summed E-state index contributed by atoms with van der Waals surface area (Å²) in [6.45, 7) is 0.779. The summed E-state index contributed by atoms with van der Waals surface area (Å²) in [5.74, 6) is 0.776. The summed E-state index contributed by atoms with van der Waals surface area (Å²) in [6, 6.07) is 5.59. The van der Waals surface area contributed by atoms with Crippen molar-refractivity contribution in [3.8, 4) is 5.75 Å². The highest BCUT2D eigenvalue weighted by atomic mass is 79.9. The van der Waals surface area contributed by atoms with Crippen molar-refractivity contribution in [2.75, 3.05) is 6.61 Å². The molecule has 1 spiro atoms. The van der Waals surface area contributed by atoms with Gasteiger partial charge < -0.3 is 9.47 Å². The lowest BCUT2D eigenvalue weighted by Gasteiger charge is -2.43. The molecule has 1 saturated heterocycles. The van der Waals surface area contributed by atoms with Crippen molar-refractivity contribution in [2.45, 2.75) is 56.7 Å². The fourth-order valence-electron chi connectivity index (χ4n) is 3.51. The average Bonchev–Trinajstić information content (AvgIpc) is 2.50. The predicted molar refractivity (Wildman–Crippen MR) is 84.9 cm³/mol. The topological polar surface area (TPSA) is 35.5 Å². The summed E-state index contributed by atoms with van der Waals surface area (Å²) >= 11 is 3.37. The Morgan fingerprint density at radius 3 is 2.86 bits per heavy atom. The molecule has 1 saturated carbocycles. The van der Waals surface area contributed by atoms with E-state index in [-0.39, 0.29) is 11.7 Å². The first kappa shape index (κ1) is 15.0. The first-order valence-electron chi connectivity index (χ1n) is 7.76. The number of carbonyl (C=O) groups excluding carboxylic acids is 1. The summed E-state index contributed by atoms with van der Waals surface area (Å²) in [5.41, 5.74) is 0.677. The Bertz CT molecular complexity index is 503. The van der Waals surface area contributed by atoms with E-state index >= 15 is 0 Å². The molecule has 2 fully saturated rings. The normalized spacial score (nSPS) is 24.7. The Hall–Kier alpha value is -0.870. The first-order chi connectivity index (χ1) is 10.2. The van der Waals surface area contributed by atoms with Gasteiger partial charge in [-0.15, -0.1) is 0 Å². The lowest BCUT2D eigenvalue weighted by molar-refractivity contribution is -0.129. The van der Waals surface area contributed by atoms with Gasteiger partial charge in [0.25, 0.3) is 0 Å².